The third-order valence-electron chi connectivity index (χ3n) is 3.16. The molecule has 0 heterocycles. The lowest BCUT2D eigenvalue weighted by atomic mass is 9.88. The first kappa shape index (κ1) is 14.0. The summed E-state index contributed by atoms with van der Waals surface area (Å²) in [5, 5.41) is 6.15. The molecule has 2 rings (SSSR count). The molecular weight excluding hydrogens is 236 g/mol. The smallest absolute Gasteiger partial charge is 0.221 e. The lowest BCUT2D eigenvalue weighted by Gasteiger charge is -2.24. The Kier molecular flexibility index (Phi) is 4.97. The van der Waals surface area contributed by atoms with Crippen molar-refractivity contribution in [3.05, 3.63) is 29.3 Å². The second kappa shape index (κ2) is 6.03. The van der Waals surface area contributed by atoms with Crippen LogP contribution in [0, 0.1) is 0 Å². The molecule has 0 fully saturated rings. The molecule has 94 valence electrons. The third-order valence-corrected chi connectivity index (χ3v) is 3.16. The van der Waals surface area contributed by atoms with Crippen molar-refractivity contribution in [3.8, 4) is 0 Å². The summed E-state index contributed by atoms with van der Waals surface area (Å²) in [4.78, 5) is 11.0. The summed E-state index contributed by atoms with van der Waals surface area (Å²) in [5.74, 6) is -0.0130. The van der Waals surface area contributed by atoms with Gasteiger partial charge in [0.25, 0.3) is 0 Å². The minimum absolute atomic E-state index is 0. The maximum absolute atomic E-state index is 11.0. The first-order valence-corrected chi connectivity index (χ1v) is 5.75. The quantitative estimate of drug-likeness (QED) is 0.849. The van der Waals surface area contributed by atoms with Gasteiger partial charge in [0.15, 0.2) is 0 Å². The number of amides is 1. The monoisotopic (exact) mass is 254 g/mol. The van der Waals surface area contributed by atoms with E-state index in [1.807, 2.05) is 13.1 Å². The van der Waals surface area contributed by atoms with Gasteiger partial charge in [-0.2, -0.15) is 0 Å². The molecular formula is C13H19ClN2O. The molecule has 1 aromatic rings. The van der Waals surface area contributed by atoms with Crippen LogP contribution in [0.3, 0.4) is 0 Å². The van der Waals surface area contributed by atoms with E-state index in [1.165, 1.54) is 24.5 Å². The first-order valence-electron chi connectivity index (χ1n) is 5.75. The average Bonchev–Trinajstić information content (AvgIpc) is 2.27. The number of carbonyl (C=O) groups is 1. The zero-order valence-electron chi connectivity index (χ0n) is 10.2. The van der Waals surface area contributed by atoms with Gasteiger partial charge in [-0.15, -0.1) is 12.4 Å². The van der Waals surface area contributed by atoms with Crippen molar-refractivity contribution in [2.24, 2.45) is 0 Å². The number of aryl methyl sites for hydroxylation is 1. The lowest BCUT2D eigenvalue weighted by molar-refractivity contribution is -0.114. The normalized spacial score (nSPS) is 17.9. The minimum atomic E-state index is -0.0130. The van der Waals surface area contributed by atoms with Crippen LogP contribution in [0.2, 0.25) is 0 Å². The van der Waals surface area contributed by atoms with E-state index in [4.69, 9.17) is 0 Å². The number of likely N-dealkylation sites (N-methyl/N-ethyl adjacent to an activating group) is 1. The topological polar surface area (TPSA) is 41.1 Å². The molecule has 17 heavy (non-hydrogen) atoms. The van der Waals surface area contributed by atoms with Crippen LogP contribution < -0.4 is 10.6 Å². The molecule has 0 saturated heterocycles. The molecule has 1 aliphatic rings. The van der Waals surface area contributed by atoms with Crippen molar-refractivity contribution >= 4 is 24.0 Å². The second-order valence-corrected chi connectivity index (χ2v) is 4.39. The van der Waals surface area contributed by atoms with Crippen molar-refractivity contribution in [3.63, 3.8) is 0 Å². The van der Waals surface area contributed by atoms with Crippen LogP contribution in [-0.4, -0.2) is 19.0 Å². The summed E-state index contributed by atoms with van der Waals surface area (Å²) in [6.07, 6.45) is 3.38. The molecule has 1 atom stereocenters. The zero-order chi connectivity index (χ0) is 11.5. The van der Waals surface area contributed by atoms with Crippen molar-refractivity contribution in [2.75, 3.05) is 12.4 Å². The Bertz CT molecular complexity index is 406. The fourth-order valence-electron chi connectivity index (χ4n) is 2.28. The van der Waals surface area contributed by atoms with Crippen molar-refractivity contribution in [2.45, 2.75) is 32.2 Å². The van der Waals surface area contributed by atoms with E-state index in [0.29, 0.717) is 6.04 Å². The molecule has 0 aliphatic heterocycles. The summed E-state index contributed by atoms with van der Waals surface area (Å²) in [6.45, 7) is 1.54. The number of fused-ring (bicyclic) bond motifs is 1. The number of anilines is 1. The van der Waals surface area contributed by atoms with E-state index < -0.39 is 0 Å². The van der Waals surface area contributed by atoms with Crippen LogP contribution in [0.1, 0.15) is 24.5 Å². The number of halogens is 1. The predicted molar refractivity (Wildman–Crippen MR) is 72.9 cm³/mol. The molecule has 0 radical (unpaired) electrons. The molecule has 4 heteroatoms. The standard InChI is InChI=1S/C13H18N2O.ClH/c1-9(16)15-13-6-4-10-3-5-12(14-2)7-11(10)8-13;/h4,6,8,12,14H,3,5,7H2,1-2H3,(H,15,16);1H. The largest absolute Gasteiger partial charge is 0.326 e. The summed E-state index contributed by atoms with van der Waals surface area (Å²) >= 11 is 0. The highest BCUT2D eigenvalue weighted by Gasteiger charge is 2.17. The van der Waals surface area contributed by atoms with Gasteiger partial charge in [0.1, 0.15) is 0 Å². The van der Waals surface area contributed by atoms with Gasteiger partial charge in [-0.25, -0.2) is 0 Å². The second-order valence-electron chi connectivity index (χ2n) is 4.39. The third kappa shape index (κ3) is 3.45. The minimum Gasteiger partial charge on any atom is -0.326 e. The van der Waals surface area contributed by atoms with Gasteiger partial charge in [0, 0.05) is 18.7 Å². The molecule has 0 spiro atoms. The van der Waals surface area contributed by atoms with E-state index in [1.54, 1.807) is 0 Å². The van der Waals surface area contributed by atoms with Crippen LogP contribution in [0.25, 0.3) is 0 Å². The Hall–Kier alpha value is -1.06. The Morgan fingerprint density at radius 1 is 1.35 bits per heavy atom. The Balaban J connectivity index is 0.00000144. The number of rotatable bonds is 2. The van der Waals surface area contributed by atoms with E-state index in [9.17, 15) is 4.79 Å². The number of carbonyl (C=O) groups excluding carboxylic acids is 1. The van der Waals surface area contributed by atoms with Gasteiger partial charge >= 0.3 is 0 Å². The lowest BCUT2D eigenvalue weighted by Crippen LogP contribution is -2.31. The average molecular weight is 255 g/mol. The molecule has 1 unspecified atom stereocenters. The van der Waals surface area contributed by atoms with E-state index >= 15 is 0 Å². The summed E-state index contributed by atoms with van der Waals surface area (Å²) < 4.78 is 0. The van der Waals surface area contributed by atoms with Gasteiger partial charge in [0.2, 0.25) is 5.91 Å². The number of benzene rings is 1. The Morgan fingerprint density at radius 3 is 2.76 bits per heavy atom. The molecule has 0 aromatic heterocycles. The van der Waals surface area contributed by atoms with E-state index in [2.05, 4.69) is 22.8 Å². The predicted octanol–water partition coefficient (Wildman–Crippen LogP) is 2.14. The molecule has 2 N–H and O–H groups in total. The van der Waals surface area contributed by atoms with Crippen LogP contribution in [-0.2, 0) is 17.6 Å². The van der Waals surface area contributed by atoms with Gasteiger partial charge < -0.3 is 10.6 Å². The van der Waals surface area contributed by atoms with Crippen LogP contribution in [0.5, 0.6) is 0 Å². The highest BCUT2D eigenvalue weighted by atomic mass is 35.5. The van der Waals surface area contributed by atoms with E-state index in [-0.39, 0.29) is 18.3 Å². The Morgan fingerprint density at radius 2 is 2.12 bits per heavy atom. The Labute approximate surface area is 108 Å². The molecule has 1 aliphatic carbocycles. The molecule has 0 bridgehead atoms. The number of nitrogens with one attached hydrogen (secondary N) is 2. The van der Waals surface area contributed by atoms with Crippen molar-refractivity contribution < 1.29 is 4.79 Å². The highest BCUT2D eigenvalue weighted by molar-refractivity contribution is 5.88. The SMILES string of the molecule is CNC1CCc2ccc(NC(C)=O)cc2C1.Cl. The molecule has 1 aromatic carbocycles. The van der Waals surface area contributed by atoms with Crippen LogP contribution in [0.15, 0.2) is 18.2 Å². The summed E-state index contributed by atoms with van der Waals surface area (Å²) in [7, 11) is 2.01. The molecule has 0 saturated carbocycles. The zero-order valence-corrected chi connectivity index (χ0v) is 11.1. The van der Waals surface area contributed by atoms with Crippen molar-refractivity contribution in [1.82, 2.24) is 5.32 Å². The maximum Gasteiger partial charge on any atom is 0.221 e. The highest BCUT2D eigenvalue weighted by Crippen LogP contribution is 2.24. The van der Waals surface area contributed by atoms with Gasteiger partial charge in [-0.1, -0.05) is 6.07 Å². The fourth-order valence-corrected chi connectivity index (χ4v) is 2.28. The maximum atomic E-state index is 11.0. The summed E-state index contributed by atoms with van der Waals surface area (Å²) in [6, 6.07) is 6.78. The summed E-state index contributed by atoms with van der Waals surface area (Å²) in [5.41, 5.74) is 3.68. The fraction of sp³-hybridized carbons (Fsp3) is 0.462. The van der Waals surface area contributed by atoms with Crippen LogP contribution in [0.4, 0.5) is 5.69 Å². The van der Waals surface area contributed by atoms with Crippen molar-refractivity contribution in [1.29, 1.82) is 0 Å². The van der Waals surface area contributed by atoms with Crippen LogP contribution >= 0.6 is 12.4 Å². The number of hydrogen-bond donors (Lipinski definition) is 2. The molecule has 1 amide bonds. The first-order chi connectivity index (χ1) is 7.69. The van der Waals surface area contributed by atoms with Gasteiger partial charge in [-0.05, 0) is 49.6 Å². The number of hydrogen-bond acceptors (Lipinski definition) is 2. The van der Waals surface area contributed by atoms with Gasteiger partial charge in [-0.3, -0.25) is 4.79 Å². The van der Waals surface area contributed by atoms with Gasteiger partial charge in [0.05, 0.1) is 0 Å². The molecule has 3 nitrogen and oxygen atoms in total. The van der Waals surface area contributed by atoms with E-state index in [0.717, 1.165) is 18.5 Å².